The van der Waals surface area contributed by atoms with Gasteiger partial charge in [0.1, 0.15) is 0 Å². The van der Waals surface area contributed by atoms with Crippen LogP contribution >= 0.6 is 11.3 Å². The summed E-state index contributed by atoms with van der Waals surface area (Å²) in [6, 6.07) is 14.4. The smallest absolute Gasteiger partial charge is 0.0766 e. The minimum absolute atomic E-state index is 0.843. The largest absolute Gasteiger partial charge is 0.397 e. The van der Waals surface area contributed by atoms with Gasteiger partial charge in [0.05, 0.1) is 11.4 Å². The van der Waals surface area contributed by atoms with E-state index in [1.807, 2.05) is 18.3 Å². The maximum atomic E-state index is 6.31. The van der Waals surface area contributed by atoms with Gasteiger partial charge in [0.25, 0.3) is 0 Å². The van der Waals surface area contributed by atoms with Crippen molar-refractivity contribution in [3.05, 3.63) is 59.1 Å². The number of thiophene rings is 1. The lowest BCUT2D eigenvalue weighted by molar-refractivity contribution is 1.27. The van der Waals surface area contributed by atoms with Crippen LogP contribution in [0.3, 0.4) is 0 Å². The Morgan fingerprint density at radius 3 is 2.45 bits per heavy atom. The van der Waals surface area contributed by atoms with Gasteiger partial charge in [-0.2, -0.15) is 0 Å². The summed E-state index contributed by atoms with van der Waals surface area (Å²) in [6.07, 6.45) is 1.82. The van der Waals surface area contributed by atoms with Crippen molar-refractivity contribution in [2.45, 2.75) is 13.8 Å². The molecule has 2 N–H and O–H groups in total. The monoisotopic (exact) mass is 280 g/mol. The zero-order valence-corrected chi connectivity index (χ0v) is 12.4. The van der Waals surface area contributed by atoms with E-state index in [1.54, 1.807) is 11.3 Å². The van der Waals surface area contributed by atoms with Gasteiger partial charge in [-0.15, -0.1) is 11.3 Å². The summed E-state index contributed by atoms with van der Waals surface area (Å²) < 4.78 is 0. The number of nitrogens with zero attached hydrogens (tertiary/aromatic N) is 1. The van der Waals surface area contributed by atoms with Gasteiger partial charge in [-0.1, -0.05) is 36.4 Å². The number of rotatable bonds is 2. The molecule has 0 aliphatic carbocycles. The SMILES string of the molecule is Cc1cccnc1-c1c(-c2ccccc2)sc(C)c1N. The molecule has 1 aromatic carbocycles. The van der Waals surface area contributed by atoms with Crippen LogP contribution in [0.5, 0.6) is 0 Å². The summed E-state index contributed by atoms with van der Waals surface area (Å²) in [5.74, 6) is 0. The third-order valence-corrected chi connectivity index (χ3v) is 4.58. The summed E-state index contributed by atoms with van der Waals surface area (Å²) in [7, 11) is 0. The number of benzene rings is 1. The molecule has 0 saturated carbocycles. The third kappa shape index (κ3) is 2.10. The number of nitrogens with two attached hydrogens (primary N) is 1. The molecule has 0 spiro atoms. The first kappa shape index (κ1) is 12.9. The van der Waals surface area contributed by atoms with Crippen molar-refractivity contribution in [1.82, 2.24) is 4.98 Å². The van der Waals surface area contributed by atoms with E-state index in [-0.39, 0.29) is 0 Å². The number of hydrogen-bond acceptors (Lipinski definition) is 3. The van der Waals surface area contributed by atoms with E-state index >= 15 is 0 Å². The molecule has 3 rings (SSSR count). The molecule has 3 aromatic rings. The van der Waals surface area contributed by atoms with Gasteiger partial charge in [-0.05, 0) is 31.0 Å². The fourth-order valence-corrected chi connectivity index (χ4v) is 3.41. The number of hydrogen-bond donors (Lipinski definition) is 1. The molecule has 0 unspecified atom stereocenters. The lowest BCUT2D eigenvalue weighted by Crippen LogP contribution is -1.93. The molecular weight excluding hydrogens is 264 g/mol. The van der Waals surface area contributed by atoms with Gasteiger partial charge >= 0.3 is 0 Å². The fourth-order valence-electron chi connectivity index (χ4n) is 2.33. The van der Waals surface area contributed by atoms with Crippen molar-refractivity contribution in [3.8, 4) is 21.7 Å². The van der Waals surface area contributed by atoms with Crippen LogP contribution in [0.15, 0.2) is 48.7 Å². The standard InChI is InChI=1S/C17H16N2S/c1-11-7-6-10-19-16(11)14-15(18)12(2)20-17(14)13-8-4-3-5-9-13/h3-10H,18H2,1-2H3. The van der Waals surface area contributed by atoms with Gasteiger partial charge in [0.15, 0.2) is 0 Å². The molecule has 2 aromatic heterocycles. The maximum Gasteiger partial charge on any atom is 0.0766 e. The number of aromatic nitrogens is 1. The van der Waals surface area contributed by atoms with E-state index in [1.165, 1.54) is 10.4 Å². The maximum absolute atomic E-state index is 6.31. The number of nitrogen functional groups attached to an aromatic ring is 1. The van der Waals surface area contributed by atoms with Crippen LogP contribution in [0.25, 0.3) is 21.7 Å². The molecule has 2 nitrogen and oxygen atoms in total. The van der Waals surface area contributed by atoms with Gasteiger partial charge in [0, 0.05) is 21.5 Å². The first-order valence-electron chi connectivity index (χ1n) is 6.54. The third-order valence-electron chi connectivity index (χ3n) is 3.41. The van der Waals surface area contributed by atoms with Crippen LogP contribution in [-0.4, -0.2) is 4.98 Å². The van der Waals surface area contributed by atoms with Crippen molar-refractivity contribution in [1.29, 1.82) is 0 Å². The number of pyridine rings is 1. The van der Waals surface area contributed by atoms with E-state index in [4.69, 9.17) is 5.73 Å². The predicted molar refractivity (Wildman–Crippen MR) is 86.9 cm³/mol. The van der Waals surface area contributed by atoms with Crippen molar-refractivity contribution in [3.63, 3.8) is 0 Å². The average Bonchev–Trinajstić information content (AvgIpc) is 2.77. The molecule has 100 valence electrons. The lowest BCUT2D eigenvalue weighted by atomic mass is 10.0. The Kier molecular flexibility index (Phi) is 3.28. The molecule has 0 aliphatic heterocycles. The van der Waals surface area contributed by atoms with E-state index in [0.717, 1.165) is 27.4 Å². The summed E-state index contributed by atoms with van der Waals surface area (Å²) in [5.41, 5.74) is 11.5. The second kappa shape index (κ2) is 5.10. The summed E-state index contributed by atoms with van der Waals surface area (Å²) in [6.45, 7) is 4.14. The van der Waals surface area contributed by atoms with Gasteiger partial charge < -0.3 is 5.73 Å². The zero-order valence-electron chi connectivity index (χ0n) is 11.6. The fraction of sp³-hybridized carbons (Fsp3) is 0.118. The van der Waals surface area contributed by atoms with Gasteiger partial charge in [-0.3, -0.25) is 4.98 Å². The van der Waals surface area contributed by atoms with E-state index in [0.29, 0.717) is 0 Å². The Hall–Kier alpha value is -2.13. The predicted octanol–water partition coefficient (Wildman–Crippen LogP) is 4.68. The van der Waals surface area contributed by atoms with Crippen LogP contribution in [0.2, 0.25) is 0 Å². The second-order valence-corrected chi connectivity index (χ2v) is 6.04. The number of aryl methyl sites for hydroxylation is 2. The van der Waals surface area contributed by atoms with Crippen LogP contribution in [0.1, 0.15) is 10.4 Å². The number of anilines is 1. The molecule has 0 aliphatic rings. The minimum atomic E-state index is 0.843. The highest BCUT2D eigenvalue weighted by Gasteiger charge is 2.18. The summed E-state index contributed by atoms with van der Waals surface area (Å²) in [5, 5.41) is 0. The first-order valence-corrected chi connectivity index (χ1v) is 7.36. The zero-order chi connectivity index (χ0) is 14.1. The Labute approximate surface area is 122 Å². The highest BCUT2D eigenvalue weighted by Crippen LogP contribution is 2.44. The lowest BCUT2D eigenvalue weighted by Gasteiger charge is -2.08. The first-order chi connectivity index (χ1) is 9.68. The Balaban J connectivity index is 2.29. The molecular formula is C17H16N2S. The van der Waals surface area contributed by atoms with Crippen molar-refractivity contribution < 1.29 is 0 Å². The molecule has 0 saturated heterocycles. The molecule has 0 bridgehead atoms. The molecule has 0 atom stereocenters. The Bertz CT molecular complexity index is 745. The molecule has 3 heteroatoms. The quantitative estimate of drug-likeness (QED) is 0.740. The molecule has 0 radical (unpaired) electrons. The molecule has 0 fully saturated rings. The van der Waals surface area contributed by atoms with Crippen molar-refractivity contribution in [2.75, 3.05) is 5.73 Å². The van der Waals surface area contributed by atoms with Gasteiger partial charge in [-0.25, -0.2) is 0 Å². The average molecular weight is 280 g/mol. The normalized spacial score (nSPS) is 10.7. The molecule has 20 heavy (non-hydrogen) atoms. The van der Waals surface area contributed by atoms with Crippen molar-refractivity contribution >= 4 is 17.0 Å². The summed E-state index contributed by atoms with van der Waals surface area (Å²) in [4.78, 5) is 6.87. The van der Waals surface area contributed by atoms with Crippen LogP contribution in [0, 0.1) is 13.8 Å². The van der Waals surface area contributed by atoms with Gasteiger partial charge in [0.2, 0.25) is 0 Å². The van der Waals surface area contributed by atoms with Crippen LogP contribution in [0.4, 0.5) is 5.69 Å². The van der Waals surface area contributed by atoms with E-state index in [2.05, 4.69) is 49.2 Å². The van der Waals surface area contributed by atoms with E-state index in [9.17, 15) is 0 Å². The molecule has 0 amide bonds. The molecule has 2 heterocycles. The van der Waals surface area contributed by atoms with E-state index < -0.39 is 0 Å². The minimum Gasteiger partial charge on any atom is -0.397 e. The van der Waals surface area contributed by atoms with Crippen LogP contribution < -0.4 is 5.73 Å². The van der Waals surface area contributed by atoms with Crippen molar-refractivity contribution in [2.24, 2.45) is 0 Å². The Morgan fingerprint density at radius 1 is 1.00 bits per heavy atom. The topological polar surface area (TPSA) is 38.9 Å². The van der Waals surface area contributed by atoms with Crippen LogP contribution in [-0.2, 0) is 0 Å². The second-order valence-electron chi connectivity index (χ2n) is 4.81. The Morgan fingerprint density at radius 2 is 1.75 bits per heavy atom. The summed E-state index contributed by atoms with van der Waals surface area (Å²) >= 11 is 1.73. The highest BCUT2D eigenvalue weighted by atomic mass is 32.1. The highest BCUT2D eigenvalue weighted by molar-refractivity contribution is 7.16.